The molecule has 0 aromatic heterocycles. The second-order valence-corrected chi connectivity index (χ2v) is 5.64. The molecule has 0 saturated heterocycles. The largest absolute Gasteiger partial charge is 0.496 e. The molecule has 2 rings (SSSR count). The van der Waals surface area contributed by atoms with Crippen LogP contribution in [0, 0.1) is 6.92 Å². The zero-order chi connectivity index (χ0) is 15.4. The van der Waals surface area contributed by atoms with Crippen molar-refractivity contribution in [3.63, 3.8) is 0 Å². The molecule has 112 valence electrons. The van der Waals surface area contributed by atoms with E-state index in [1.54, 1.807) is 21.3 Å². The van der Waals surface area contributed by atoms with E-state index in [-0.39, 0.29) is 4.83 Å². The first kappa shape index (κ1) is 15.7. The van der Waals surface area contributed by atoms with Crippen LogP contribution in [-0.2, 0) is 0 Å². The summed E-state index contributed by atoms with van der Waals surface area (Å²) in [5.41, 5.74) is 3.31. The Bertz CT molecular complexity index is 600. The van der Waals surface area contributed by atoms with Gasteiger partial charge in [0.05, 0.1) is 31.7 Å². The molecule has 2 aromatic carbocycles. The van der Waals surface area contributed by atoms with Gasteiger partial charge >= 0.3 is 0 Å². The lowest BCUT2D eigenvalue weighted by molar-refractivity contribution is 0.369. The van der Waals surface area contributed by atoms with Crippen LogP contribution in [0.25, 0.3) is 0 Å². The van der Waals surface area contributed by atoms with Gasteiger partial charge < -0.3 is 14.2 Å². The van der Waals surface area contributed by atoms with Crippen LogP contribution in [0.15, 0.2) is 36.4 Å². The van der Waals surface area contributed by atoms with Gasteiger partial charge in [0, 0.05) is 12.1 Å². The Morgan fingerprint density at radius 1 is 0.905 bits per heavy atom. The minimum absolute atomic E-state index is 0.0202. The van der Waals surface area contributed by atoms with Crippen LogP contribution in [0.3, 0.4) is 0 Å². The maximum Gasteiger partial charge on any atom is 0.130 e. The number of benzene rings is 2. The van der Waals surface area contributed by atoms with Crippen LogP contribution in [0.2, 0.25) is 0 Å². The molecule has 0 heterocycles. The highest BCUT2D eigenvalue weighted by atomic mass is 79.9. The number of aryl methyl sites for hydroxylation is 1. The molecule has 0 aliphatic rings. The fourth-order valence-corrected chi connectivity index (χ4v) is 3.01. The van der Waals surface area contributed by atoms with E-state index in [0.717, 1.165) is 22.6 Å². The van der Waals surface area contributed by atoms with E-state index < -0.39 is 0 Å². The number of rotatable bonds is 5. The van der Waals surface area contributed by atoms with Crippen molar-refractivity contribution in [1.29, 1.82) is 0 Å². The number of alkyl halides is 1. The summed E-state index contributed by atoms with van der Waals surface area (Å²) < 4.78 is 16.3. The van der Waals surface area contributed by atoms with Gasteiger partial charge in [0.25, 0.3) is 0 Å². The third kappa shape index (κ3) is 3.32. The van der Waals surface area contributed by atoms with Gasteiger partial charge in [0.2, 0.25) is 0 Å². The molecule has 0 N–H and O–H groups in total. The van der Waals surface area contributed by atoms with Crippen molar-refractivity contribution in [2.45, 2.75) is 11.8 Å². The van der Waals surface area contributed by atoms with Crippen molar-refractivity contribution < 1.29 is 14.2 Å². The van der Waals surface area contributed by atoms with Gasteiger partial charge in [-0.2, -0.15) is 0 Å². The summed E-state index contributed by atoms with van der Waals surface area (Å²) in [6.45, 7) is 2.08. The Kier molecular flexibility index (Phi) is 5.12. The molecule has 0 aliphatic heterocycles. The van der Waals surface area contributed by atoms with Gasteiger partial charge in [-0.1, -0.05) is 45.8 Å². The Morgan fingerprint density at radius 2 is 1.52 bits per heavy atom. The minimum atomic E-state index is -0.0202. The van der Waals surface area contributed by atoms with Gasteiger partial charge in [-0.05, 0) is 12.5 Å². The molecule has 0 bridgehead atoms. The zero-order valence-electron chi connectivity index (χ0n) is 12.6. The lowest BCUT2D eigenvalue weighted by atomic mass is 10.0. The van der Waals surface area contributed by atoms with Gasteiger partial charge in [-0.3, -0.25) is 0 Å². The third-order valence-electron chi connectivity index (χ3n) is 3.34. The summed E-state index contributed by atoms with van der Waals surface area (Å²) in [6.07, 6.45) is 0. The number of ether oxygens (including phenoxy) is 3. The maximum absolute atomic E-state index is 5.51. The molecular weight excluding hydrogens is 332 g/mol. The lowest BCUT2D eigenvalue weighted by Crippen LogP contribution is -2.02. The molecule has 4 heteroatoms. The van der Waals surface area contributed by atoms with E-state index in [0.29, 0.717) is 5.75 Å². The predicted molar refractivity (Wildman–Crippen MR) is 88.0 cm³/mol. The fraction of sp³-hybridized carbons (Fsp3) is 0.294. The molecular formula is C17H19BrO3. The zero-order valence-corrected chi connectivity index (χ0v) is 14.2. The monoisotopic (exact) mass is 350 g/mol. The molecule has 21 heavy (non-hydrogen) atoms. The highest BCUT2D eigenvalue weighted by Gasteiger charge is 2.22. The second-order valence-electron chi connectivity index (χ2n) is 4.72. The normalized spacial score (nSPS) is 11.9. The Hall–Kier alpha value is -1.68. The summed E-state index contributed by atoms with van der Waals surface area (Å²) in [4.78, 5) is -0.0202. The first-order valence-electron chi connectivity index (χ1n) is 6.61. The van der Waals surface area contributed by atoms with Crippen LogP contribution in [0.4, 0.5) is 0 Å². The Labute approximate surface area is 134 Å². The van der Waals surface area contributed by atoms with Crippen molar-refractivity contribution in [1.82, 2.24) is 0 Å². The topological polar surface area (TPSA) is 27.7 Å². The highest BCUT2D eigenvalue weighted by molar-refractivity contribution is 9.09. The van der Waals surface area contributed by atoms with Gasteiger partial charge in [-0.15, -0.1) is 0 Å². The Balaban J connectivity index is 2.55. The van der Waals surface area contributed by atoms with E-state index in [1.807, 2.05) is 18.2 Å². The molecule has 0 saturated carbocycles. The molecule has 3 nitrogen and oxygen atoms in total. The summed E-state index contributed by atoms with van der Waals surface area (Å²) in [7, 11) is 4.92. The number of hydrogen-bond donors (Lipinski definition) is 0. The maximum atomic E-state index is 5.51. The predicted octanol–water partition coefficient (Wildman–Crippen LogP) is 4.51. The average molecular weight is 351 g/mol. The van der Waals surface area contributed by atoms with E-state index in [1.165, 1.54) is 5.56 Å². The van der Waals surface area contributed by atoms with Crippen molar-refractivity contribution in [2.24, 2.45) is 0 Å². The standard InChI is InChI=1S/C17H19BrO3/c1-11-6-5-7-12(8-11)17(18)16-14(20-3)9-13(19-2)10-15(16)21-4/h5-10,17H,1-4H3. The minimum Gasteiger partial charge on any atom is -0.496 e. The first-order valence-corrected chi connectivity index (χ1v) is 7.52. The summed E-state index contributed by atoms with van der Waals surface area (Å²) in [5.74, 6) is 2.17. The van der Waals surface area contributed by atoms with E-state index in [2.05, 4.69) is 41.1 Å². The molecule has 0 aliphatic carbocycles. The van der Waals surface area contributed by atoms with Gasteiger partial charge in [-0.25, -0.2) is 0 Å². The van der Waals surface area contributed by atoms with Crippen molar-refractivity contribution in [3.8, 4) is 17.2 Å². The molecule has 0 fully saturated rings. The highest BCUT2D eigenvalue weighted by Crippen LogP contribution is 2.44. The Morgan fingerprint density at radius 3 is 2.00 bits per heavy atom. The summed E-state index contributed by atoms with van der Waals surface area (Å²) in [5, 5.41) is 0. The SMILES string of the molecule is COc1cc(OC)c(C(Br)c2cccc(C)c2)c(OC)c1. The molecule has 0 spiro atoms. The number of methoxy groups -OCH3 is 3. The average Bonchev–Trinajstić information content (AvgIpc) is 2.52. The van der Waals surface area contributed by atoms with Gasteiger partial charge in [0.15, 0.2) is 0 Å². The van der Waals surface area contributed by atoms with Crippen LogP contribution in [0.1, 0.15) is 21.5 Å². The van der Waals surface area contributed by atoms with Crippen LogP contribution in [-0.4, -0.2) is 21.3 Å². The summed E-state index contributed by atoms with van der Waals surface area (Å²) >= 11 is 3.76. The second kappa shape index (κ2) is 6.85. The van der Waals surface area contributed by atoms with Crippen molar-refractivity contribution in [2.75, 3.05) is 21.3 Å². The smallest absolute Gasteiger partial charge is 0.130 e. The molecule has 0 radical (unpaired) electrons. The van der Waals surface area contributed by atoms with E-state index in [9.17, 15) is 0 Å². The number of hydrogen-bond acceptors (Lipinski definition) is 3. The molecule has 1 unspecified atom stereocenters. The van der Waals surface area contributed by atoms with Crippen molar-refractivity contribution in [3.05, 3.63) is 53.1 Å². The third-order valence-corrected chi connectivity index (χ3v) is 4.33. The molecule has 1 atom stereocenters. The summed E-state index contributed by atoms with van der Waals surface area (Å²) in [6, 6.07) is 12.1. The van der Waals surface area contributed by atoms with E-state index >= 15 is 0 Å². The van der Waals surface area contributed by atoms with Crippen molar-refractivity contribution >= 4 is 15.9 Å². The van der Waals surface area contributed by atoms with Crippen LogP contribution >= 0.6 is 15.9 Å². The van der Waals surface area contributed by atoms with E-state index in [4.69, 9.17) is 14.2 Å². The quantitative estimate of drug-likeness (QED) is 0.742. The van der Waals surface area contributed by atoms with Crippen LogP contribution in [0.5, 0.6) is 17.2 Å². The molecule has 2 aromatic rings. The van der Waals surface area contributed by atoms with Crippen LogP contribution < -0.4 is 14.2 Å². The lowest BCUT2D eigenvalue weighted by Gasteiger charge is -2.19. The molecule has 0 amide bonds. The van der Waals surface area contributed by atoms with Gasteiger partial charge in [0.1, 0.15) is 17.2 Å². The number of halogens is 1. The first-order chi connectivity index (χ1) is 10.1. The fourth-order valence-electron chi connectivity index (χ4n) is 2.28.